The van der Waals surface area contributed by atoms with Crippen LogP contribution in [-0.2, 0) is 24.0 Å². The van der Waals surface area contributed by atoms with Crippen molar-refractivity contribution in [1.29, 1.82) is 0 Å². The molecule has 0 aliphatic carbocycles. The Balaban J connectivity index is 4.93. The van der Waals surface area contributed by atoms with Crippen molar-refractivity contribution in [1.82, 2.24) is 16.0 Å². The molecule has 3 amide bonds. The number of rotatable bonds is 15. The normalized spacial score (nSPS) is 14.8. The molecule has 0 rings (SSSR count). The van der Waals surface area contributed by atoms with Gasteiger partial charge in [-0.1, -0.05) is 20.3 Å². The van der Waals surface area contributed by atoms with Crippen LogP contribution in [0.25, 0.3) is 0 Å². The van der Waals surface area contributed by atoms with Gasteiger partial charge in [0.05, 0.1) is 6.04 Å². The maximum Gasteiger partial charge on any atom is 0.326 e. The highest BCUT2D eigenvalue weighted by atomic mass is 16.4. The average Bonchev–Trinajstić information content (AvgIpc) is 2.67. The van der Waals surface area contributed by atoms with E-state index in [4.69, 9.17) is 16.6 Å². The number of aliphatic carboxylic acids is 2. The lowest BCUT2D eigenvalue weighted by Crippen LogP contribution is -2.57. The molecule has 0 aromatic carbocycles. The van der Waals surface area contributed by atoms with E-state index in [0.29, 0.717) is 19.4 Å². The fourth-order valence-electron chi connectivity index (χ4n) is 2.63. The van der Waals surface area contributed by atoms with Gasteiger partial charge >= 0.3 is 11.9 Å². The van der Waals surface area contributed by atoms with Crippen LogP contribution < -0.4 is 27.4 Å². The Labute approximate surface area is 181 Å². The van der Waals surface area contributed by atoms with Gasteiger partial charge in [-0.05, 0) is 38.6 Å². The SMILES string of the molecule is CC(NC(=O)C(N)CCCCN)C(=O)NC(C(=O)NC(CCC(=O)O)C(=O)O)C(C)C. The first-order valence-corrected chi connectivity index (χ1v) is 10.2. The van der Waals surface area contributed by atoms with E-state index in [1.165, 1.54) is 6.92 Å². The minimum Gasteiger partial charge on any atom is -0.481 e. The third kappa shape index (κ3) is 11.3. The highest BCUT2D eigenvalue weighted by Crippen LogP contribution is 2.06. The zero-order chi connectivity index (χ0) is 24.1. The quantitative estimate of drug-likeness (QED) is 0.146. The van der Waals surface area contributed by atoms with Gasteiger partial charge in [-0.25, -0.2) is 4.79 Å². The minimum absolute atomic E-state index is 0.302. The third-order valence-corrected chi connectivity index (χ3v) is 4.57. The molecular formula is C19H35N5O7. The van der Waals surface area contributed by atoms with E-state index >= 15 is 0 Å². The van der Waals surface area contributed by atoms with Gasteiger partial charge in [0.25, 0.3) is 0 Å². The maximum atomic E-state index is 12.5. The Hall–Kier alpha value is -2.73. The summed E-state index contributed by atoms with van der Waals surface area (Å²) in [5, 5.41) is 25.1. The first kappa shape index (κ1) is 28.3. The molecule has 4 unspecified atom stereocenters. The van der Waals surface area contributed by atoms with E-state index in [1.807, 2.05) is 0 Å². The predicted octanol–water partition coefficient (Wildman–Crippen LogP) is -1.48. The van der Waals surface area contributed by atoms with Crippen molar-refractivity contribution in [2.75, 3.05) is 6.54 Å². The second kappa shape index (κ2) is 14.3. The summed E-state index contributed by atoms with van der Waals surface area (Å²) in [6, 6.07) is -4.27. The van der Waals surface area contributed by atoms with Crippen molar-refractivity contribution in [3.63, 3.8) is 0 Å². The van der Waals surface area contributed by atoms with Crippen LogP contribution in [0.15, 0.2) is 0 Å². The largest absolute Gasteiger partial charge is 0.481 e. The topological polar surface area (TPSA) is 214 Å². The highest BCUT2D eigenvalue weighted by Gasteiger charge is 2.30. The number of carboxylic acids is 2. The van der Waals surface area contributed by atoms with Crippen LogP contribution in [-0.4, -0.2) is 70.6 Å². The van der Waals surface area contributed by atoms with Crippen LogP contribution in [0.2, 0.25) is 0 Å². The average molecular weight is 446 g/mol. The van der Waals surface area contributed by atoms with Crippen molar-refractivity contribution < 1.29 is 34.2 Å². The van der Waals surface area contributed by atoms with Gasteiger partial charge in [0.1, 0.15) is 18.1 Å². The molecule has 0 aliphatic rings. The lowest BCUT2D eigenvalue weighted by Gasteiger charge is -2.26. The fraction of sp³-hybridized carbons (Fsp3) is 0.737. The molecule has 0 heterocycles. The number of carbonyl (C=O) groups is 5. The van der Waals surface area contributed by atoms with Gasteiger partial charge in [0.2, 0.25) is 17.7 Å². The lowest BCUT2D eigenvalue weighted by atomic mass is 10.0. The van der Waals surface area contributed by atoms with Crippen molar-refractivity contribution in [3.8, 4) is 0 Å². The molecule has 0 fully saturated rings. The molecule has 9 N–H and O–H groups in total. The first-order chi connectivity index (χ1) is 14.4. The minimum atomic E-state index is -1.41. The number of carbonyl (C=O) groups excluding carboxylic acids is 3. The molecule has 0 aliphatic heterocycles. The number of carboxylic acid groups (broad SMARTS) is 2. The molecule has 0 bridgehead atoms. The van der Waals surface area contributed by atoms with Crippen molar-refractivity contribution in [2.45, 2.75) is 77.0 Å². The molecule has 178 valence electrons. The Bertz CT molecular complexity index is 641. The molecule has 4 atom stereocenters. The van der Waals surface area contributed by atoms with Gasteiger partial charge in [0, 0.05) is 6.42 Å². The molecule has 0 spiro atoms. The number of hydrogen-bond acceptors (Lipinski definition) is 7. The van der Waals surface area contributed by atoms with Gasteiger partial charge in [-0.2, -0.15) is 0 Å². The Morgan fingerprint density at radius 3 is 1.94 bits per heavy atom. The second-order valence-corrected chi connectivity index (χ2v) is 7.68. The molecule has 0 saturated heterocycles. The zero-order valence-corrected chi connectivity index (χ0v) is 18.2. The lowest BCUT2D eigenvalue weighted by molar-refractivity contribution is -0.143. The van der Waals surface area contributed by atoms with Crippen LogP contribution in [0.5, 0.6) is 0 Å². The van der Waals surface area contributed by atoms with E-state index < -0.39 is 66.2 Å². The van der Waals surface area contributed by atoms with Gasteiger partial charge in [-0.3, -0.25) is 19.2 Å². The Morgan fingerprint density at radius 1 is 0.839 bits per heavy atom. The molecule has 0 aromatic rings. The summed E-state index contributed by atoms with van der Waals surface area (Å²) in [4.78, 5) is 59.1. The summed E-state index contributed by atoms with van der Waals surface area (Å²) in [5.74, 6) is -4.90. The summed E-state index contributed by atoms with van der Waals surface area (Å²) in [6.07, 6.45) is 1.08. The number of unbranched alkanes of at least 4 members (excludes halogenated alkanes) is 1. The molecule has 0 aromatic heterocycles. The van der Waals surface area contributed by atoms with Crippen molar-refractivity contribution in [3.05, 3.63) is 0 Å². The van der Waals surface area contributed by atoms with Crippen LogP contribution >= 0.6 is 0 Å². The van der Waals surface area contributed by atoms with Crippen LogP contribution in [0.1, 0.15) is 52.9 Å². The number of nitrogens with one attached hydrogen (secondary N) is 3. The highest BCUT2D eigenvalue weighted by molar-refractivity contribution is 5.94. The molecular weight excluding hydrogens is 410 g/mol. The van der Waals surface area contributed by atoms with Crippen LogP contribution in [0, 0.1) is 5.92 Å². The molecule has 12 nitrogen and oxygen atoms in total. The van der Waals surface area contributed by atoms with Crippen molar-refractivity contribution in [2.24, 2.45) is 17.4 Å². The standard InChI is InChI=1S/C19H35N5O7/c1-10(2)15(18(29)23-13(19(30)31)7-8-14(25)26)24-16(27)11(3)22-17(28)12(21)6-4-5-9-20/h10-13,15H,4-9,20-21H2,1-3H3,(H,22,28)(H,23,29)(H,24,27)(H,25,26)(H,30,31). The predicted molar refractivity (Wildman–Crippen MR) is 112 cm³/mol. The molecule has 31 heavy (non-hydrogen) atoms. The van der Waals surface area contributed by atoms with Crippen LogP contribution in [0.4, 0.5) is 0 Å². The number of nitrogens with two attached hydrogens (primary N) is 2. The molecule has 0 saturated carbocycles. The molecule has 12 heteroatoms. The van der Waals surface area contributed by atoms with E-state index in [9.17, 15) is 29.1 Å². The van der Waals surface area contributed by atoms with Gasteiger partial charge < -0.3 is 37.6 Å². The van der Waals surface area contributed by atoms with E-state index in [2.05, 4.69) is 16.0 Å². The molecule has 0 radical (unpaired) electrons. The summed E-state index contributed by atoms with van der Waals surface area (Å²) in [7, 11) is 0. The fourth-order valence-corrected chi connectivity index (χ4v) is 2.63. The number of amides is 3. The van der Waals surface area contributed by atoms with Gasteiger partial charge in [0.15, 0.2) is 0 Å². The Morgan fingerprint density at radius 2 is 1.45 bits per heavy atom. The summed E-state index contributed by atoms with van der Waals surface area (Å²) >= 11 is 0. The van der Waals surface area contributed by atoms with E-state index in [0.717, 1.165) is 6.42 Å². The smallest absolute Gasteiger partial charge is 0.326 e. The first-order valence-electron chi connectivity index (χ1n) is 10.2. The van der Waals surface area contributed by atoms with E-state index in [1.54, 1.807) is 13.8 Å². The number of hydrogen-bond donors (Lipinski definition) is 7. The van der Waals surface area contributed by atoms with E-state index in [-0.39, 0.29) is 6.42 Å². The summed E-state index contributed by atoms with van der Waals surface area (Å²) < 4.78 is 0. The van der Waals surface area contributed by atoms with Crippen molar-refractivity contribution >= 4 is 29.7 Å². The Kier molecular flexibility index (Phi) is 13.0. The monoisotopic (exact) mass is 445 g/mol. The van der Waals surface area contributed by atoms with Gasteiger partial charge in [-0.15, -0.1) is 0 Å². The summed E-state index contributed by atoms with van der Waals surface area (Å²) in [5.41, 5.74) is 11.2. The second-order valence-electron chi connectivity index (χ2n) is 7.68. The maximum absolute atomic E-state index is 12.5. The summed E-state index contributed by atoms with van der Waals surface area (Å²) in [6.45, 7) is 5.22. The third-order valence-electron chi connectivity index (χ3n) is 4.57. The van der Waals surface area contributed by atoms with Crippen LogP contribution in [0.3, 0.4) is 0 Å². The zero-order valence-electron chi connectivity index (χ0n) is 18.2.